The van der Waals surface area contributed by atoms with Crippen molar-refractivity contribution in [3.63, 3.8) is 0 Å². The lowest BCUT2D eigenvalue weighted by Gasteiger charge is -2.10. The number of imide groups is 1. The molecule has 0 saturated carbocycles. The van der Waals surface area contributed by atoms with Gasteiger partial charge in [-0.25, -0.2) is 9.78 Å². The van der Waals surface area contributed by atoms with Crippen LogP contribution in [0.1, 0.15) is 29.0 Å². The van der Waals surface area contributed by atoms with Gasteiger partial charge in [0.25, 0.3) is 5.91 Å². The Balaban J connectivity index is 1.35. The smallest absolute Gasteiger partial charge is 0.325 e. The first-order valence-electron chi connectivity index (χ1n) is 9.59. The molecule has 2 aromatic carbocycles. The molecule has 0 spiro atoms. The maximum atomic E-state index is 11.9. The fourth-order valence-corrected chi connectivity index (χ4v) is 3.91. The number of hydrogen-bond donors (Lipinski definition) is 2. The van der Waals surface area contributed by atoms with Crippen LogP contribution in [0.3, 0.4) is 0 Å². The zero-order chi connectivity index (χ0) is 21.5. The van der Waals surface area contributed by atoms with Crippen LogP contribution in [0.5, 0.6) is 0 Å². The van der Waals surface area contributed by atoms with Gasteiger partial charge in [-0.05, 0) is 50.5 Å². The highest BCUT2D eigenvalue weighted by Gasteiger charge is 2.12. The molecule has 3 aromatic rings. The SMILES string of the molecule is Cc1ccc(NC(=O)NC(=O)COC(=O)CCCc2nc3ccccc3s2)c(C)c1. The summed E-state index contributed by atoms with van der Waals surface area (Å²) in [5, 5.41) is 5.71. The molecule has 0 bridgehead atoms. The van der Waals surface area contributed by atoms with Gasteiger partial charge in [0, 0.05) is 12.1 Å². The fraction of sp³-hybridized carbons (Fsp3) is 0.273. The zero-order valence-electron chi connectivity index (χ0n) is 16.9. The van der Waals surface area contributed by atoms with Gasteiger partial charge >= 0.3 is 12.0 Å². The second-order valence-corrected chi connectivity index (χ2v) is 8.03. The van der Waals surface area contributed by atoms with Crippen molar-refractivity contribution < 1.29 is 19.1 Å². The van der Waals surface area contributed by atoms with Crippen molar-refractivity contribution >= 4 is 45.1 Å². The first-order chi connectivity index (χ1) is 14.4. The summed E-state index contributed by atoms with van der Waals surface area (Å²) >= 11 is 1.60. The zero-order valence-corrected chi connectivity index (χ0v) is 17.7. The highest BCUT2D eigenvalue weighted by atomic mass is 32.1. The van der Waals surface area contributed by atoms with E-state index in [9.17, 15) is 14.4 Å². The largest absolute Gasteiger partial charge is 0.456 e. The number of carbonyl (C=O) groups excluding carboxylic acids is 3. The number of benzene rings is 2. The maximum Gasteiger partial charge on any atom is 0.325 e. The Hall–Kier alpha value is -3.26. The van der Waals surface area contributed by atoms with Crippen LogP contribution in [0, 0.1) is 13.8 Å². The molecule has 0 aliphatic rings. The van der Waals surface area contributed by atoms with Gasteiger partial charge in [0.05, 0.1) is 15.2 Å². The fourth-order valence-electron chi connectivity index (χ4n) is 2.90. The van der Waals surface area contributed by atoms with Crippen molar-refractivity contribution in [2.45, 2.75) is 33.1 Å². The van der Waals surface area contributed by atoms with E-state index in [1.54, 1.807) is 17.4 Å². The lowest BCUT2D eigenvalue weighted by atomic mass is 10.1. The van der Waals surface area contributed by atoms with Crippen molar-refractivity contribution in [1.82, 2.24) is 10.3 Å². The van der Waals surface area contributed by atoms with Crippen molar-refractivity contribution in [2.24, 2.45) is 0 Å². The van der Waals surface area contributed by atoms with Gasteiger partial charge in [-0.1, -0.05) is 29.8 Å². The molecule has 0 aliphatic heterocycles. The monoisotopic (exact) mass is 425 g/mol. The highest BCUT2D eigenvalue weighted by molar-refractivity contribution is 7.18. The second kappa shape index (κ2) is 9.98. The molecule has 1 heterocycles. The van der Waals surface area contributed by atoms with Crippen molar-refractivity contribution in [1.29, 1.82) is 0 Å². The van der Waals surface area contributed by atoms with Crippen LogP contribution in [-0.4, -0.2) is 29.5 Å². The lowest BCUT2D eigenvalue weighted by molar-refractivity contribution is -0.148. The Kier molecular flexibility index (Phi) is 7.13. The molecule has 30 heavy (non-hydrogen) atoms. The minimum Gasteiger partial charge on any atom is -0.456 e. The molecule has 0 unspecified atom stereocenters. The summed E-state index contributed by atoms with van der Waals surface area (Å²) in [5.41, 5.74) is 3.52. The number of anilines is 1. The van der Waals surface area contributed by atoms with E-state index < -0.39 is 24.5 Å². The molecular formula is C22H23N3O4S. The predicted octanol–water partition coefficient (Wildman–Crippen LogP) is 4.13. The molecule has 0 fully saturated rings. The average Bonchev–Trinajstić information content (AvgIpc) is 3.11. The lowest BCUT2D eigenvalue weighted by Crippen LogP contribution is -2.37. The van der Waals surface area contributed by atoms with E-state index in [2.05, 4.69) is 15.6 Å². The third-order valence-electron chi connectivity index (χ3n) is 4.36. The Morgan fingerprint density at radius 2 is 1.90 bits per heavy atom. The van der Waals surface area contributed by atoms with Crippen molar-refractivity contribution in [2.75, 3.05) is 11.9 Å². The molecule has 3 rings (SSSR count). The Morgan fingerprint density at radius 3 is 2.67 bits per heavy atom. The molecule has 2 N–H and O–H groups in total. The number of aryl methyl sites for hydroxylation is 3. The Morgan fingerprint density at radius 1 is 1.10 bits per heavy atom. The normalized spacial score (nSPS) is 10.6. The van der Waals surface area contributed by atoms with E-state index in [1.165, 1.54) is 0 Å². The van der Waals surface area contributed by atoms with Gasteiger partial charge in [0.2, 0.25) is 0 Å². The predicted molar refractivity (Wildman–Crippen MR) is 117 cm³/mol. The molecule has 156 valence electrons. The van der Waals surface area contributed by atoms with Crippen LogP contribution in [0.2, 0.25) is 0 Å². The molecule has 7 nitrogen and oxygen atoms in total. The van der Waals surface area contributed by atoms with E-state index in [-0.39, 0.29) is 6.42 Å². The van der Waals surface area contributed by atoms with Crippen LogP contribution < -0.4 is 10.6 Å². The summed E-state index contributed by atoms with van der Waals surface area (Å²) in [6, 6.07) is 12.8. The van der Waals surface area contributed by atoms with Crippen LogP contribution in [0.4, 0.5) is 10.5 Å². The minimum absolute atomic E-state index is 0.179. The first kappa shape index (κ1) is 21.4. The average molecular weight is 426 g/mol. The van der Waals surface area contributed by atoms with Gasteiger partial charge in [-0.15, -0.1) is 11.3 Å². The van der Waals surface area contributed by atoms with Gasteiger partial charge in [0.1, 0.15) is 0 Å². The molecular weight excluding hydrogens is 402 g/mol. The van der Waals surface area contributed by atoms with Crippen LogP contribution in [0.15, 0.2) is 42.5 Å². The number of urea groups is 1. The van der Waals surface area contributed by atoms with E-state index in [0.717, 1.165) is 26.4 Å². The number of nitrogens with zero attached hydrogens (tertiary/aromatic N) is 1. The minimum atomic E-state index is -0.684. The third kappa shape index (κ3) is 6.12. The number of ether oxygens (including phenoxy) is 1. The summed E-state index contributed by atoms with van der Waals surface area (Å²) in [4.78, 5) is 40.1. The van der Waals surface area contributed by atoms with E-state index in [1.807, 2.05) is 50.2 Å². The number of hydrogen-bond acceptors (Lipinski definition) is 6. The summed E-state index contributed by atoms with van der Waals surface area (Å²) in [6.07, 6.45) is 1.42. The van der Waals surface area contributed by atoms with Gasteiger partial charge in [-0.2, -0.15) is 0 Å². The number of rotatable bonds is 7. The second-order valence-electron chi connectivity index (χ2n) is 6.91. The van der Waals surface area contributed by atoms with Crippen LogP contribution in [0.25, 0.3) is 10.2 Å². The van der Waals surface area contributed by atoms with E-state index in [0.29, 0.717) is 18.5 Å². The molecule has 0 saturated heterocycles. The molecule has 0 radical (unpaired) electrons. The number of esters is 1. The Labute approximate surface area is 178 Å². The maximum absolute atomic E-state index is 11.9. The summed E-state index contributed by atoms with van der Waals surface area (Å²) in [5.74, 6) is -1.17. The highest BCUT2D eigenvalue weighted by Crippen LogP contribution is 2.22. The number of carbonyl (C=O) groups is 3. The van der Waals surface area contributed by atoms with Crippen LogP contribution >= 0.6 is 11.3 Å². The quantitative estimate of drug-likeness (QED) is 0.555. The molecule has 3 amide bonds. The number of fused-ring (bicyclic) bond motifs is 1. The summed E-state index contributed by atoms with van der Waals surface area (Å²) in [7, 11) is 0. The van der Waals surface area contributed by atoms with Gasteiger partial charge in [-0.3, -0.25) is 14.9 Å². The number of amides is 3. The molecule has 0 aliphatic carbocycles. The summed E-state index contributed by atoms with van der Waals surface area (Å²) < 4.78 is 6.06. The molecule has 0 atom stereocenters. The Bertz CT molecular complexity index is 1040. The topological polar surface area (TPSA) is 97.4 Å². The number of aromatic nitrogens is 1. The van der Waals surface area contributed by atoms with Gasteiger partial charge < -0.3 is 10.1 Å². The van der Waals surface area contributed by atoms with E-state index in [4.69, 9.17) is 4.74 Å². The first-order valence-corrected chi connectivity index (χ1v) is 10.4. The third-order valence-corrected chi connectivity index (χ3v) is 5.45. The number of thiazole rings is 1. The van der Waals surface area contributed by atoms with E-state index >= 15 is 0 Å². The van der Waals surface area contributed by atoms with Gasteiger partial charge in [0.15, 0.2) is 6.61 Å². The van der Waals surface area contributed by atoms with Crippen molar-refractivity contribution in [3.8, 4) is 0 Å². The molecule has 1 aromatic heterocycles. The number of nitrogens with one attached hydrogen (secondary N) is 2. The van der Waals surface area contributed by atoms with Crippen LogP contribution in [-0.2, 0) is 20.7 Å². The standard InChI is InChI=1S/C22H23N3O4S/c1-14-10-11-16(15(2)12-14)24-22(28)25-19(26)13-29-21(27)9-5-8-20-23-17-6-3-4-7-18(17)30-20/h3-4,6-7,10-12H,5,8-9,13H2,1-2H3,(H2,24,25,26,28). The number of para-hydroxylation sites is 1. The molecule has 8 heteroatoms. The summed E-state index contributed by atoms with van der Waals surface area (Å²) in [6.45, 7) is 3.31. The van der Waals surface area contributed by atoms with Crippen molar-refractivity contribution in [3.05, 3.63) is 58.6 Å².